The second-order valence-corrected chi connectivity index (χ2v) is 10.4. The molecular weight excluding hydrogens is 446 g/mol. The van der Waals surface area contributed by atoms with Crippen molar-refractivity contribution in [3.8, 4) is 5.75 Å². The van der Waals surface area contributed by atoms with Gasteiger partial charge in [0.15, 0.2) is 5.78 Å². The van der Waals surface area contributed by atoms with Gasteiger partial charge in [-0.15, -0.1) is 0 Å². The molecule has 2 aliphatic rings. The number of nitrogens with one attached hydrogen (secondary N) is 1. The van der Waals surface area contributed by atoms with Crippen LogP contribution in [-0.4, -0.2) is 11.8 Å². The summed E-state index contributed by atoms with van der Waals surface area (Å²) in [5.74, 6) is 0.270. The SMILES string of the molecule is CC1(C)CC(=O)C2=C(C1)c1c(ccc3ccccc13)N[C@@H]2c1ccc(OC(=O)c2ccccc2)cc1. The molecule has 0 radical (unpaired) electrons. The minimum absolute atomic E-state index is 0.0957. The van der Waals surface area contributed by atoms with Crippen LogP contribution < -0.4 is 10.1 Å². The summed E-state index contributed by atoms with van der Waals surface area (Å²) in [5.41, 5.74) is 5.56. The Morgan fingerprint density at radius 2 is 1.58 bits per heavy atom. The number of carbonyl (C=O) groups excluding carboxylic acids is 2. The highest BCUT2D eigenvalue weighted by Crippen LogP contribution is 2.52. The van der Waals surface area contributed by atoms with Gasteiger partial charge >= 0.3 is 5.97 Å². The fourth-order valence-corrected chi connectivity index (χ4v) is 5.56. The maximum atomic E-state index is 13.6. The smallest absolute Gasteiger partial charge is 0.343 e. The van der Waals surface area contributed by atoms with E-state index in [1.165, 1.54) is 10.8 Å². The zero-order valence-electron chi connectivity index (χ0n) is 20.4. The molecule has 0 spiro atoms. The van der Waals surface area contributed by atoms with Crippen LogP contribution in [0.25, 0.3) is 16.3 Å². The molecule has 0 amide bonds. The largest absolute Gasteiger partial charge is 0.423 e. The van der Waals surface area contributed by atoms with E-state index in [1.54, 1.807) is 24.3 Å². The zero-order valence-corrected chi connectivity index (χ0v) is 20.4. The fourth-order valence-electron chi connectivity index (χ4n) is 5.56. The summed E-state index contributed by atoms with van der Waals surface area (Å²) < 4.78 is 5.56. The number of hydrogen-bond donors (Lipinski definition) is 1. The summed E-state index contributed by atoms with van der Waals surface area (Å²) in [4.78, 5) is 26.0. The van der Waals surface area contributed by atoms with Crippen LogP contribution in [0.2, 0.25) is 0 Å². The Morgan fingerprint density at radius 1 is 0.861 bits per heavy atom. The van der Waals surface area contributed by atoms with Gasteiger partial charge in [-0.1, -0.05) is 74.5 Å². The number of carbonyl (C=O) groups is 2. The third-order valence-electron chi connectivity index (χ3n) is 7.17. The zero-order chi connectivity index (χ0) is 24.9. The summed E-state index contributed by atoms with van der Waals surface area (Å²) in [5, 5.41) is 6.00. The van der Waals surface area contributed by atoms with Crippen molar-refractivity contribution in [2.45, 2.75) is 32.7 Å². The predicted molar refractivity (Wildman–Crippen MR) is 143 cm³/mol. The minimum Gasteiger partial charge on any atom is -0.423 e. The molecule has 0 unspecified atom stereocenters. The van der Waals surface area contributed by atoms with Gasteiger partial charge in [-0.25, -0.2) is 4.79 Å². The Kier molecular flexibility index (Phi) is 5.26. The number of fused-ring (bicyclic) bond motifs is 4. The van der Waals surface area contributed by atoms with Gasteiger partial charge in [-0.05, 0) is 64.1 Å². The lowest BCUT2D eigenvalue weighted by atomic mass is 9.68. The fraction of sp³-hybridized carbons (Fsp3) is 0.188. The first-order chi connectivity index (χ1) is 17.4. The molecule has 1 aliphatic heterocycles. The molecular formula is C32H27NO3. The highest BCUT2D eigenvalue weighted by molar-refractivity contribution is 6.12. The van der Waals surface area contributed by atoms with Gasteiger partial charge < -0.3 is 10.1 Å². The summed E-state index contributed by atoms with van der Waals surface area (Å²) in [6.45, 7) is 4.35. The lowest BCUT2D eigenvalue weighted by Gasteiger charge is -2.40. The monoisotopic (exact) mass is 473 g/mol. The first-order valence-corrected chi connectivity index (χ1v) is 12.3. The standard InChI is InChI=1S/C32H27NO3/c1-32(2)18-25-28-24-11-7-6-8-20(24)14-17-26(28)33-30(29(25)27(34)19-32)21-12-15-23(16-13-21)36-31(35)22-9-4-3-5-10-22/h3-17,30,33H,18-19H2,1-2H3/t30-/m1/s1. The summed E-state index contributed by atoms with van der Waals surface area (Å²) in [6, 6.07) is 28.8. The number of benzene rings is 4. The lowest BCUT2D eigenvalue weighted by Crippen LogP contribution is -2.33. The quantitative estimate of drug-likeness (QED) is 0.249. The molecule has 0 fully saturated rings. The van der Waals surface area contributed by atoms with Crippen LogP contribution in [0, 0.1) is 5.41 Å². The normalized spacial score (nSPS) is 18.3. The van der Waals surface area contributed by atoms with E-state index >= 15 is 0 Å². The van der Waals surface area contributed by atoms with Crippen LogP contribution in [0.5, 0.6) is 5.75 Å². The van der Waals surface area contributed by atoms with Crippen molar-refractivity contribution < 1.29 is 14.3 Å². The van der Waals surface area contributed by atoms with Crippen molar-refractivity contribution in [2.24, 2.45) is 5.41 Å². The van der Waals surface area contributed by atoms with Crippen molar-refractivity contribution in [3.05, 3.63) is 113 Å². The number of esters is 1. The third kappa shape index (κ3) is 3.89. The van der Waals surface area contributed by atoms with Crippen LogP contribution in [0.15, 0.2) is 96.6 Å². The van der Waals surface area contributed by atoms with E-state index < -0.39 is 5.97 Å². The van der Waals surface area contributed by atoms with Crippen LogP contribution in [-0.2, 0) is 4.79 Å². The maximum Gasteiger partial charge on any atom is 0.343 e. The number of Topliss-reactive ketones (excluding diaryl/α,β-unsaturated/α-hetero) is 1. The topological polar surface area (TPSA) is 55.4 Å². The molecule has 1 N–H and O–H groups in total. The average molecular weight is 474 g/mol. The van der Waals surface area contributed by atoms with Crippen LogP contribution in [0.4, 0.5) is 5.69 Å². The molecule has 4 aromatic carbocycles. The number of ether oxygens (including phenoxy) is 1. The van der Waals surface area contributed by atoms with Crippen molar-refractivity contribution in [3.63, 3.8) is 0 Å². The number of ketones is 1. The lowest BCUT2D eigenvalue weighted by molar-refractivity contribution is -0.118. The number of hydrogen-bond acceptors (Lipinski definition) is 4. The Hall–Kier alpha value is -4.18. The number of allylic oxidation sites excluding steroid dienone is 1. The molecule has 0 saturated heterocycles. The van der Waals surface area contributed by atoms with E-state index in [2.05, 4.69) is 49.5 Å². The van der Waals surface area contributed by atoms with Gasteiger partial charge in [-0.3, -0.25) is 4.79 Å². The van der Waals surface area contributed by atoms with Crippen LogP contribution in [0.1, 0.15) is 54.2 Å². The first-order valence-electron chi connectivity index (χ1n) is 12.3. The van der Waals surface area contributed by atoms with E-state index in [9.17, 15) is 9.59 Å². The number of anilines is 1. The highest BCUT2D eigenvalue weighted by atomic mass is 16.5. The van der Waals surface area contributed by atoms with Crippen LogP contribution >= 0.6 is 0 Å². The Balaban J connectivity index is 1.40. The van der Waals surface area contributed by atoms with Gasteiger partial charge in [0.25, 0.3) is 0 Å². The van der Waals surface area contributed by atoms with Crippen molar-refractivity contribution in [2.75, 3.05) is 5.32 Å². The van der Waals surface area contributed by atoms with Crippen molar-refractivity contribution >= 4 is 33.8 Å². The van der Waals surface area contributed by atoms with Gasteiger partial charge in [0.2, 0.25) is 0 Å². The summed E-state index contributed by atoms with van der Waals surface area (Å²) >= 11 is 0. The van der Waals surface area contributed by atoms with Gasteiger partial charge in [0.1, 0.15) is 5.75 Å². The maximum absolute atomic E-state index is 13.6. The van der Waals surface area contributed by atoms with E-state index in [-0.39, 0.29) is 17.2 Å². The van der Waals surface area contributed by atoms with Crippen LogP contribution in [0.3, 0.4) is 0 Å². The molecule has 0 bridgehead atoms. The van der Waals surface area contributed by atoms with Gasteiger partial charge in [0.05, 0.1) is 11.6 Å². The number of rotatable bonds is 3. The predicted octanol–water partition coefficient (Wildman–Crippen LogP) is 7.37. The summed E-state index contributed by atoms with van der Waals surface area (Å²) in [7, 11) is 0. The molecule has 36 heavy (non-hydrogen) atoms. The molecule has 4 heteroatoms. The molecule has 1 aliphatic carbocycles. The van der Waals surface area contributed by atoms with E-state index in [0.29, 0.717) is 17.7 Å². The molecule has 6 rings (SSSR count). The molecule has 0 saturated carbocycles. The first kappa shape index (κ1) is 22.3. The minimum atomic E-state index is -0.394. The van der Waals surface area contributed by atoms with E-state index in [1.807, 2.05) is 36.4 Å². The Morgan fingerprint density at radius 3 is 2.36 bits per heavy atom. The van der Waals surface area contributed by atoms with Gasteiger partial charge in [0, 0.05) is 23.2 Å². The second kappa shape index (κ2) is 8.49. The van der Waals surface area contributed by atoms with E-state index in [0.717, 1.165) is 34.4 Å². The summed E-state index contributed by atoms with van der Waals surface area (Å²) in [6.07, 6.45) is 1.37. The second-order valence-electron chi connectivity index (χ2n) is 10.4. The van der Waals surface area contributed by atoms with Crippen molar-refractivity contribution in [1.29, 1.82) is 0 Å². The Bertz CT molecular complexity index is 1530. The molecule has 1 atom stereocenters. The van der Waals surface area contributed by atoms with Gasteiger partial charge in [-0.2, -0.15) is 0 Å². The molecule has 1 heterocycles. The Labute approximate surface area is 210 Å². The van der Waals surface area contributed by atoms with Crippen molar-refractivity contribution in [1.82, 2.24) is 0 Å². The molecule has 4 nitrogen and oxygen atoms in total. The van der Waals surface area contributed by atoms with E-state index in [4.69, 9.17) is 4.74 Å². The molecule has 0 aromatic heterocycles. The molecule has 4 aromatic rings. The molecule has 178 valence electrons. The average Bonchev–Trinajstić information content (AvgIpc) is 2.88. The third-order valence-corrected chi connectivity index (χ3v) is 7.17. The highest BCUT2D eigenvalue weighted by Gasteiger charge is 2.40.